The van der Waals surface area contributed by atoms with E-state index in [1.165, 1.54) is 17.2 Å². The van der Waals surface area contributed by atoms with Gasteiger partial charge in [0.1, 0.15) is 5.75 Å². The Morgan fingerprint density at radius 3 is 2.57 bits per heavy atom. The Morgan fingerprint density at radius 2 is 1.91 bits per heavy atom. The highest BCUT2D eigenvalue weighted by molar-refractivity contribution is 6.34. The summed E-state index contributed by atoms with van der Waals surface area (Å²) in [6.45, 7) is 5.19. The zero-order chi connectivity index (χ0) is 16.8. The third-order valence-corrected chi connectivity index (χ3v) is 3.65. The van der Waals surface area contributed by atoms with Crippen LogP contribution in [0.15, 0.2) is 36.4 Å². The van der Waals surface area contributed by atoms with Crippen LogP contribution in [0.1, 0.15) is 27.9 Å². The predicted molar refractivity (Wildman–Crippen MR) is 92.9 cm³/mol. The summed E-state index contributed by atoms with van der Waals surface area (Å²) in [4.78, 5) is 11.2. The Labute approximate surface area is 141 Å². The minimum atomic E-state index is -0.999. The molecule has 23 heavy (non-hydrogen) atoms. The van der Waals surface area contributed by atoms with Crippen LogP contribution >= 0.6 is 11.6 Å². The average molecular weight is 334 g/mol. The lowest BCUT2D eigenvalue weighted by Crippen LogP contribution is -2.11. The largest absolute Gasteiger partial charge is 0.494 e. The smallest absolute Gasteiger partial charge is 0.337 e. The van der Waals surface area contributed by atoms with E-state index in [0.29, 0.717) is 23.9 Å². The third kappa shape index (κ3) is 4.89. The minimum absolute atomic E-state index is 0.174. The van der Waals surface area contributed by atoms with Crippen molar-refractivity contribution >= 4 is 23.3 Å². The van der Waals surface area contributed by atoms with Crippen LogP contribution in [0, 0.1) is 13.8 Å². The van der Waals surface area contributed by atoms with Gasteiger partial charge in [0.25, 0.3) is 0 Å². The number of carbonyl (C=O) groups is 1. The van der Waals surface area contributed by atoms with E-state index >= 15 is 0 Å². The fraction of sp³-hybridized carbons (Fsp3) is 0.278. The molecule has 2 rings (SSSR count). The summed E-state index contributed by atoms with van der Waals surface area (Å²) in [6.07, 6.45) is 0.733. The fourth-order valence-corrected chi connectivity index (χ4v) is 2.62. The Kier molecular flexibility index (Phi) is 5.88. The van der Waals surface area contributed by atoms with E-state index in [1.54, 1.807) is 12.1 Å². The lowest BCUT2D eigenvalue weighted by Gasteiger charge is -2.12. The summed E-state index contributed by atoms with van der Waals surface area (Å²) in [6, 6.07) is 10.9. The lowest BCUT2D eigenvalue weighted by molar-refractivity contribution is 0.0698. The number of ether oxygens (including phenoxy) is 1. The van der Waals surface area contributed by atoms with Crippen LogP contribution in [0.4, 0.5) is 5.69 Å². The summed E-state index contributed by atoms with van der Waals surface area (Å²) in [7, 11) is 0. The Hall–Kier alpha value is -2.20. The van der Waals surface area contributed by atoms with Crippen LogP contribution < -0.4 is 10.1 Å². The van der Waals surface area contributed by atoms with Gasteiger partial charge in [-0.1, -0.05) is 23.7 Å². The lowest BCUT2D eigenvalue weighted by atomic mass is 10.1. The van der Waals surface area contributed by atoms with E-state index in [4.69, 9.17) is 16.3 Å². The number of hydrogen-bond donors (Lipinski definition) is 2. The third-order valence-electron chi connectivity index (χ3n) is 3.33. The van der Waals surface area contributed by atoms with Gasteiger partial charge in [0.2, 0.25) is 0 Å². The fourth-order valence-electron chi connectivity index (χ4n) is 2.37. The van der Waals surface area contributed by atoms with Crippen molar-refractivity contribution in [3.8, 4) is 5.75 Å². The van der Waals surface area contributed by atoms with Gasteiger partial charge in [-0.15, -0.1) is 0 Å². The summed E-state index contributed by atoms with van der Waals surface area (Å²) >= 11 is 6.06. The van der Waals surface area contributed by atoms with E-state index in [0.717, 1.165) is 12.2 Å². The van der Waals surface area contributed by atoms with E-state index in [9.17, 15) is 9.90 Å². The van der Waals surface area contributed by atoms with Gasteiger partial charge >= 0.3 is 5.97 Å². The predicted octanol–water partition coefficient (Wildman–Crippen LogP) is 4.54. The molecule has 5 heteroatoms. The summed E-state index contributed by atoms with van der Waals surface area (Å²) < 4.78 is 5.72. The first-order valence-electron chi connectivity index (χ1n) is 7.44. The van der Waals surface area contributed by atoms with Crippen molar-refractivity contribution in [2.24, 2.45) is 0 Å². The molecule has 2 aromatic carbocycles. The number of aryl methyl sites for hydroxylation is 2. The molecule has 0 saturated carbocycles. The first-order chi connectivity index (χ1) is 11.0. The van der Waals surface area contributed by atoms with Crippen molar-refractivity contribution in [1.29, 1.82) is 0 Å². The van der Waals surface area contributed by atoms with Crippen molar-refractivity contribution in [3.05, 3.63) is 58.1 Å². The molecule has 122 valence electrons. The topological polar surface area (TPSA) is 58.6 Å². The number of para-hydroxylation sites is 1. The summed E-state index contributed by atoms with van der Waals surface area (Å²) in [5.41, 5.74) is 2.96. The molecule has 0 atom stereocenters. The van der Waals surface area contributed by atoms with Gasteiger partial charge in [-0.25, -0.2) is 4.79 Å². The van der Waals surface area contributed by atoms with Crippen LogP contribution in [0.2, 0.25) is 5.02 Å². The van der Waals surface area contributed by atoms with E-state index in [1.807, 2.05) is 26.0 Å². The molecule has 0 heterocycles. The van der Waals surface area contributed by atoms with Gasteiger partial charge in [0.05, 0.1) is 22.9 Å². The van der Waals surface area contributed by atoms with Crippen molar-refractivity contribution in [3.63, 3.8) is 0 Å². The maximum atomic E-state index is 11.2. The first kappa shape index (κ1) is 17.2. The molecule has 2 N–H and O–H groups in total. The van der Waals surface area contributed by atoms with E-state index in [-0.39, 0.29) is 5.56 Å². The Bertz CT molecular complexity index is 680. The summed E-state index contributed by atoms with van der Waals surface area (Å²) in [5, 5.41) is 12.7. The number of anilines is 1. The van der Waals surface area contributed by atoms with Crippen LogP contribution in [0.3, 0.4) is 0 Å². The minimum Gasteiger partial charge on any atom is -0.494 e. The van der Waals surface area contributed by atoms with Crippen LogP contribution in [-0.4, -0.2) is 24.2 Å². The molecule has 0 unspecified atom stereocenters. The van der Waals surface area contributed by atoms with Gasteiger partial charge in [-0.05, 0) is 55.7 Å². The molecular weight excluding hydrogens is 314 g/mol. The molecule has 4 nitrogen and oxygen atoms in total. The number of carboxylic acids is 1. The number of aromatic carboxylic acids is 1. The van der Waals surface area contributed by atoms with Crippen LogP contribution in [0.5, 0.6) is 5.75 Å². The monoisotopic (exact) mass is 333 g/mol. The van der Waals surface area contributed by atoms with Gasteiger partial charge in [-0.3, -0.25) is 0 Å². The average Bonchev–Trinajstić information content (AvgIpc) is 2.47. The molecule has 0 radical (unpaired) electrons. The number of halogens is 1. The normalized spacial score (nSPS) is 10.4. The second-order valence-corrected chi connectivity index (χ2v) is 5.83. The molecular formula is C18H20ClNO3. The highest BCUT2D eigenvalue weighted by Gasteiger charge is 2.12. The second kappa shape index (κ2) is 7.88. The van der Waals surface area contributed by atoms with Crippen molar-refractivity contribution in [2.45, 2.75) is 20.3 Å². The maximum Gasteiger partial charge on any atom is 0.337 e. The highest BCUT2D eigenvalue weighted by Crippen LogP contribution is 2.26. The molecule has 2 aromatic rings. The molecule has 0 aliphatic carbocycles. The maximum absolute atomic E-state index is 11.2. The number of benzene rings is 2. The van der Waals surface area contributed by atoms with Gasteiger partial charge < -0.3 is 15.2 Å². The van der Waals surface area contributed by atoms with Crippen LogP contribution in [-0.2, 0) is 0 Å². The van der Waals surface area contributed by atoms with E-state index < -0.39 is 5.97 Å². The Balaban J connectivity index is 1.85. The van der Waals surface area contributed by atoms with E-state index in [2.05, 4.69) is 11.4 Å². The summed E-state index contributed by atoms with van der Waals surface area (Å²) in [5.74, 6) is -0.145. The molecule has 0 bridgehead atoms. The second-order valence-electron chi connectivity index (χ2n) is 5.42. The molecule has 0 fully saturated rings. The van der Waals surface area contributed by atoms with Gasteiger partial charge in [0, 0.05) is 6.54 Å². The zero-order valence-electron chi connectivity index (χ0n) is 13.2. The van der Waals surface area contributed by atoms with Crippen molar-refractivity contribution < 1.29 is 14.6 Å². The van der Waals surface area contributed by atoms with Crippen LogP contribution in [0.25, 0.3) is 0 Å². The standard InChI is InChI=1S/C18H20ClNO3/c1-12-9-13(2)11-14(10-12)23-8-4-7-20-17-15(18(21)22)5-3-6-16(17)19/h3,5-6,9-11,20H,4,7-8H2,1-2H3,(H,21,22). The molecule has 0 aliphatic heterocycles. The highest BCUT2D eigenvalue weighted by atomic mass is 35.5. The number of carboxylic acid groups (broad SMARTS) is 1. The molecule has 0 saturated heterocycles. The SMILES string of the molecule is Cc1cc(C)cc(OCCCNc2c(Cl)cccc2C(=O)O)c1. The van der Waals surface area contributed by atoms with Crippen molar-refractivity contribution in [1.82, 2.24) is 0 Å². The van der Waals surface area contributed by atoms with Crippen molar-refractivity contribution in [2.75, 3.05) is 18.5 Å². The van der Waals surface area contributed by atoms with Gasteiger partial charge in [0.15, 0.2) is 0 Å². The zero-order valence-corrected chi connectivity index (χ0v) is 14.0. The number of rotatable bonds is 7. The Morgan fingerprint density at radius 1 is 1.22 bits per heavy atom. The molecule has 0 amide bonds. The quantitative estimate of drug-likeness (QED) is 0.730. The number of hydrogen-bond acceptors (Lipinski definition) is 3. The first-order valence-corrected chi connectivity index (χ1v) is 7.82. The van der Waals surface area contributed by atoms with Gasteiger partial charge in [-0.2, -0.15) is 0 Å². The number of nitrogens with one attached hydrogen (secondary N) is 1. The molecule has 0 aliphatic rings. The molecule has 0 aromatic heterocycles. The molecule has 0 spiro atoms.